The summed E-state index contributed by atoms with van der Waals surface area (Å²) in [6.07, 6.45) is 7.80. The summed E-state index contributed by atoms with van der Waals surface area (Å²) in [7, 11) is 0. The topological polar surface area (TPSA) is 125 Å². The molecule has 2 N–H and O–H groups in total. The molecule has 0 saturated carbocycles. The summed E-state index contributed by atoms with van der Waals surface area (Å²) in [6.45, 7) is 4.53. The number of hydrogen-bond acceptors (Lipinski definition) is 5. The molecule has 0 bridgehead atoms. The standard InChI is InChI=1S/C32H28BrF2N7O2/c1-4-32(2,3)18-43-13-11-22(19-6-5-7-20(33)14-19)30-39-31(41-40-30)24-15-21(8-9-26(24)34)44-29-25(17-38-42-36)23-10-12-37-28(23)16-27(29)35/h1,5-10,12,14-16,22,37H,11,13,17-18H2,2-3H3,(H,39,40,41). The molecule has 2 heterocycles. The summed E-state index contributed by atoms with van der Waals surface area (Å²) in [6, 6.07) is 14.8. The van der Waals surface area contributed by atoms with Gasteiger partial charge in [-0.05, 0) is 67.8 Å². The first-order valence-corrected chi connectivity index (χ1v) is 14.5. The van der Waals surface area contributed by atoms with Gasteiger partial charge >= 0.3 is 0 Å². The SMILES string of the molecule is C#CC(C)(C)COCCC(c1cccc(Br)c1)c1nc(-c2cc(Oc3c(F)cc4[nH]ccc4c3CN=[N+]=[N-])ccc2F)n[nH]1. The van der Waals surface area contributed by atoms with E-state index in [9.17, 15) is 0 Å². The van der Waals surface area contributed by atoms with Crippen molar-refractivity contribution in [2.45, 2.75) is 32.7 Å². The van der Waals surface area contributed by atoms with E-state index in [4.69, 9.17) is 21.4 Å². The molecule has 0 amide bonds. The Morgan fingerprint density at radius 3 is 2.77 bits per heavy atom. The quantitative estimate of drug-likeness (QED) is 0.0456. The molecule has 5 rings (SSSR count). The second kappa shape index (κ2) is 13.3. The van der Waals surface area contributed by atoms with Gasteiger partial charge in [-0.15, -0.1) is 6.42 Å². The van der Waals surface area contributed by atoms with Crippen molar-refractivity contribution in [2.24, 2.45) is 10.5 Å². The molecule has 44 heavy (non-hydrogen) atoms. The third kappa shape index (κ3) is 6.92. The van der Waals surface area contributed by atoms with Crippen molar-refractivity contribution in [1.29, 1.82) is 0 Å². The minimum atomic E-state index is -0.668. The molecule has 1 unspecified atom stereocenters. The lowest BCUT2D eigenvalue weighted by Crippen LogP contribution is -2.18. The van der Waals surface area contributed by atoms with Crippen molar-refractivity contribution < 1.29 is 18.3 Å². The Hall–Kier alpha value is -4.69. The third-order valence-electron chi connectivity index (χ3n) is 7.05. The Morgan fingerprint density at radius 2 is 2.00 bits per heavy atom. The highest BCUT2D eigenvalue weighted by Gasteiger charge is 2.23. The van der Waals surface area contributed by atoms with Crippen molar-refractivity contribution >= 4 is 26.8 Å². The maximum absolute atomic E-state index is 15.2. The summed E-state index contributed by atoms with van der Waals surface area (Å²) in [5, 5.41) is 11.5. The fourth-order valence-electron chi connectivity index (χ4n) is 4.76. The number of aromatic amines is 2. The molecule has 9 nitrogen and oxygen atoms in total. The number of terminal acetylenes is 1. The molecular weight excluding hydrogens is 632 g/mol. The first-order valence-electron chi connectivity index (χ1n) is 13.7. The highest BCUT2D eigenvalue weighted by atomic mass is 79.9. The summed E-state index contributed by atoms with van der Waals surface area (Å²) in [5.74, 6) is 1.88. The molecule has 3 aromatic carbocycles. The summed E-state index contributed by atoms with van der Waals surface area (Å²) in [5.41, 5.74) is 10.4. The fraction of sp³-hybridized carbons (Fsp3) is 0.250. The number of nitrogens with one attached hydrogen (secondary N) is 2. The van der Waals surface area contributed by atoms with Gasteiger partial charge < -0.3 is 14.5 Å². The van der Waals surface area contributed by atoms with Gasteiger partial charge in [0.1, 0.15) is 17.4 Å². The maximum Gasteiger partial charge on any atom is 0.184 e. The molecule has 2 aromatic heterocycles. The van der Waals surface area contributed by atoms with Crippen LogP contribution in [0, 0.1) is 29.4 Å². The molecule has 0 aliphatic heterocycles. The van der Waals surface area contributed by atoms with Crippen LogP contribution < -0.4 is 4.74 Å². The lowest BCUT2D eigenvalue weighted by atomic mass is 9.95. The number of halogens is 3. The van der Waals surface area contributed by atoms with Crippen molar-refractivity contribution in [1.82, 2.24) is 20.2 Å². The first kappa shape index (κ1) is 30.8. The monoisotopic (exact) mass is 659 g/mol. The average Bonchev–Trinajstić information content (AvgIpc) is 3.68. The predicted molar refractivity (Wildman–Crippen MR) is 167 cm³/mol. The number of ether oxygens (including phenoxy) is 2. The number of hydrogen-bond donors (Lipinski definition) is 2. The van der Waals surface area contributed by atoms with Crippen LogP contribution in [0.1, 0.15) is 43.1 Å². The molecule has 12 heteroatoms. The fourth-order valence-corrected chi connectivity index (χ4v) is 5.17. The minimum Gasteiger partial charge on any atom is -0.454 e. The molecule has 0 saturated heterocycles. The van der Waals surface area contributed by atoms with Gasteiger partial charge in [0.25, 0.3) is 0 Å². The number of azide groups is 1. The number of aromatic nitrogens is 4. The Kier molecular flexibility index (Phi) is 9.30. The summed E-state index contributed by atoms with van der Waals surface area (Å²) in [4.78, 5) is 10.4. The van der Waals surface area contributed by atoms with Crippen molar-refractivity contribution in [3.63, 3.8) is 0 Å². The Labute approximate surface area is 260 Å². The van der Waals surface area contributed by atoms with E-state index in [0.29, 0.717) is 41.9 Å². The van der Waals surface area contributed by atoms with Gasteiger partial charge in [0.05, 0.1) is 18.7 Å². The summed E-state index contributed by atoms with van der Waals surface area (Å²) < 4.78 is 43.0. The van der Waals surface area contributed by atoms with Crippen molar-refractivity contribution in [3.8, 4) is 35.2 Å². The zero-order valence-electron chi connectivity index (χ0n) is 23.9. The number of benzene rings is 3. The number of rotatable bonds is 12. The maximum atomic E-state index is 15.2. The van der Waals surface area contributed by atoms with E-state index in [1.807, 2.05) is 38.1 Å². The van der Waals surface area contributed by atoms with E-state index in [0.717, 1.165) is 10.0 Å². The van der Waals surface area contributed by atoms with Crippen LogP contribution in [0.3, 0.4) is 0 Å². The molecule has 0 radical (unpaired) electrons. The van der Waals surface area contributed by atoms with Gasteiger partial charge in [0.15, 0.2) is 17.4 Å². The lowest BCUT2D eigenvalue weighted by Gasteiger charge is -2.19. The summed E-state index contributed by atoms with van der Waals surface area (Å²) >= 11 is 3.53. The van der Waals surface area contributed by atoms with Gasteiger partial charge in [-0.2, -0.15) is 5.10 Å². The Bertz CT molecular complexity index is 1890. The normalized spacial score (nSPS) is 12.1. The number of H-pyrrole nitrogens is 2. The lowest BCUT2D eigenvalue weighted by molar-refractivity contribution is 0.0834. The smallest absolute Gasteiger partial charge is 0.184 e. The zero-order valence-corrected chi connectivity index (χ0v) is 25.5. The number of fused-ring (bicyclic) bond motifs is 1. The molecule has 0 fully saturated rings. The molecule has 1 atom stereocenters. The van der Waals surface area contributed by atoms with Crippen LogP contribution in [-0.4, -0.2) is 33.4 Å². The van der Waals surface area contributed by atoms with Crippen LogP contribution in [-0.2, 0) is 11.3 Å². The van der Waals surface area contributed by atoms with Crippen LogP contribution in [0.15, 0.2) is 70.4 Å². The second-order valence-electron chi connectivity index (χ2n) is 10.8. The second-order valence-corrected chi connectivity index (χ2v) is 11.7. The van der Waals surface area contributed by atoms with Crippen LogP contribution in [0.2, 0.25) is 0 Å². The van der Waals surface area contributed by atoms with E-state index in [1.165, 1.54) is 24.3 Å². The van der Waals surface area contributed by atoms with Crippen molar-refractivity contribution in [3.05, 3.63) is 104 Å². The van der Waals surface area contributed by atoms with E-state index >= 15 is 8.78 Å². The van der Waals surface area contributed by atoms with Crippen LogP contribution in [0.5, 0.6) is 11.5 Å². The number of nitrogens with zero attached hydrogens (tertiary/aromatic N) is 5. The van der Waals surface area contributed by atoms with Gasteiger partial charge in [0.2, 0.25) is 0 Å². The van der Waals surface area contributed by atoms with Gasteiger partial charge in [0, 0.05) is 56.1 Å². The van der Waals surface area contributed by atoms with Gasteiger partial charge in [-0.1, -0.05) is 39.1 Å². The predicted octanol–water partition coefficient (Wildman–Crippen LogP) is 8.79. The highest BCUT2D eigenvalue weighted by Crippen LogP contribution is 2.37. The zero-order chi connectivity index (χ0) is 31.3. The van der Waals surface area contributed by atoms with Crippen LogP contribution in [0.4, 0.5) is 8.78 Å². The van der Waals surface area contributed by atoms with Crippen LogP contribution in [0.25, 0.3) is 32.7 Å². The first-order chi connectivity index (χ1) is 21.2. The Balaban J connectivity index is 1.44. The molecule has 0 aliphatic rings. The molecule has 224 valence electrons. The van der Waals surface area contributed by atoms with Crippen molar-refractivity contribution in [2.75, 3.05) is 13.2 Å². The Morgan fingerprint density at radius 1 is 1.16 bits per heavy atom. The van der Waals surface area contributed by atoms with E-state index in [2.05, 4.69) is 52.0 Å². The highest BCUT2D eigenvalue weighted by molar-refractivity contribution is 9.10. The average molecular weight is 661 g/mol. The molecular formula is C32H28BrF2N7O2. The van der Waals surface area contributed by atoms with Crippen LogP contribution >= 0.6 is 15.9 Å². The van der Waals surface area contributed by atoms with Gasteiger partial charge in [-0.3, -0.25) is 5.10 Å². The molecule has 0 spiro atoms. The van der Waals surface area contributed by atoms with E-state index in [1.54, 1.807) is 12.3 Å². The van der Waals surface area contributed by atoms with Gasteiger partial charge in [-0.25, -0.2) is 13.8 Å². The minimum absolute atomic E-state index is 0.0599. The largest absolute Gasteiger partial charge is 0.454 e. The molecule has 0 aliphatic carbocycles. The van der Waals surface area contributed by atoms with E-state index < -0.39 is 17.0 Å². The molecule has 5 aromatic rings. The van der Waals surface area contributed by atoms with E-state index in [-0.39, 0.29) is 35.3 Å². The third-order valence-corrected chi connectivity index (χ3v) is 7.54.